The standard InChI is InChI=1S/C29H27FN6/c1-6-7-24(19-8-17(2)9-22(30)10-19)25-13-27(33-18(25)3)28-26-12-21(15-32-29(26)35-34-28)20-11-23(36(4)5)16-31-14-20/h6-16,33H,1H2,2-5H3,(H,32,34,35)/b24-7-. The summed E-state index contributed by atoms with van der Waals surface area (Å²) in [6.07, 6.45) is 9.10. The van der Waals surface area contributed by atoms with Crippen molar-refractivity contribution >= 4 is 22.3 Å². The van der Waals surface area contributed by atoms with Gasteiger partial charge in [-0.25, -0.2) is 9.37 Å². The van der Waals surface area contributed by atoms with E-state index in [0.29, 0.717) is 5.65 Å². The van der Waals surface area contributed by atoms with Crippen molar-refractivity contribution in [3.63, 3.8) is 0 Å². The fourth-order valence-electron chi connectivity index (χ4n) is 4.42. The number of hydrogen-bond acceptors (Lipinski definition) is 4. The number of nitrogens with zero attached hydrogens (tertiary/aromatic N) is 4. The summed E-state index contributed by atoms with van der Waals surface area (Å²) >= 11 is 0. The predicted molar refractivity (Wildman–Crippen MR) is 144 cm³/mol. The summed E-state index contributed by atoms with van der Waals surface area (Å²) in [5.41, 5.74) is 9.73. The molecule has 1 aromatic carbocycles. The first-order chi connectivity index (χ1) is 17.3. The number of nitrogens with one attached hydrogen (secondary N) is 2. The number of H-pyrrole nitrogens is 2. The fraction of sp³-hybridized carbons (Fsp3) is 0.138. The van der Waals surface area contributed by atoms with Crippen LogP contribution < -0.4 is 4.90 Å². The Morgan fingerprint density at radius 1 is 1.00 bits per heavy atom. The lowest BCUT2D eigenvalue weighted by molar-refractivity contribution is 0.626. The molecule has 0 saturated heterocycles. The number of anilines is 1. The molecule has 0 fully saturated rings. The highest BCUT2D eigenvalue weighted by Gasteiger charge is 2.17. The monoisotopic (exact) mass is 478 g/mol. The summed E-state index contributed by atoms with van der Waals surface area (Å²) in [4.78, 5) is 14.4. The van der Waals surface area contributed by atoms with Gasteiger partial charge in [0.2, 0.25) is 0 Å². The average molecular weight is 479 g/mol. The second-order valence-corrected chi connectivity index (χ2v) is 9.07. The molecule has 0 saturated carbocycles. The summed E-state index contributed by atoms with van der Waals surface area (Å²) < 4.78 is 14.2. The highest BCUT2D eigenvalue weighted by atomic mass is 19.1. The molecule has 0 aliphatic heterocycles. The van der Waals surface area contributed by atoms with Crippen LogP contribution >= 0.6 is 0 Å². The fourth-order valence-corrected chi connectivity index (χ4v) is 4.42. The zero-order valence-electron chi connectivity index (χ0n) is 20.7. The number of rotatable bonds is 6. The summed E-state index contributed by atoms with van der Waals surface area (Å²) in [6, 6.07) is 11.3. The lowest BCUT2D eigenvalue weighted by atomic mass is 9.96. The van der Waals surface area contributed by atoms with E-state index < -0.39 is 0 Å². The van der Waals surface area contributed by atoms with E-state index in [-0.39, 0.29) is 5.82 Å². The second-order valence-electron chi connectivity index (χ2n) is 9.07. The van der Waals surface area contributed by atoms with Crippen LogP contribution in [0.5, 0.6) is 0 Å². The Balaban J connectivity index is 1.60. The highest BCUT2D eigenvalue weighted by molar-refractivity contribution is 5.94. The van der Waals surface area contributed by atoms with E-state index in [4.69, 9.17) is 0 Å². The van der Waals surface area contributed by atoms with Crippen LogP contribution in [0, 0.1) is 19.7 Å². The number of aromatic amines is 2. The number of halogens is 1. The minimum atomic E-state index is -0.264. The lowest BCUT2D eigenvalue weighted by Gasteiger charge is -2.12. The first kappa shape index (κ1) is 23.2. The summed E-state index contributed by atoms with van der Waals surface area (Å²) in [7, 11) is 3.98. The predicted octanol–water partition coefficient (Wildman–Crippen LogP) is 6.45. The number of benzene rings is 1. The minimum Gasteiger partial charge on any atom is -0.376 e. The van der Waals surface area contributed by atoms with Crippen molar-refractivity contribution in [2.45, 2.75) is 13.8 Å². The number of hydrogen-bond donors (Lipinski definition) is 2. The third-order valence-electron chi connectivity index (χ3n) is 6.20. The molecule has 5 rings (SSSR count). The maximum atomic E-state index is 14.2. The van der Waals surface area contributed by atoms with Gasteiger partial charge in [-0.2, -0.15) is 5.10 Å². The number of aromatic nitrogens is 5. The molecule has 4 aromatic heterocycles. The topological polar surface area (TPSA) is 73.5 Å². The van der Waals surface area contributed by atoms with E-state index in [0.717, 1.165) is 61.5 Å². The van der Waals surface area contributed by atoms with Crippen LogP contribution in [0.25, 0.3) is 39.1 Å². The molecule has 0 atom stereocenters. The molecule has 180 valence electrons. The zero-order chi connectivity index (χ0) is 25.4. The van der Waals surface area contributed by atoms with E-state index in [1.165, 1.54) is 6.07 Å². The van der Waals surface area contributed by atoms with Crippen molar-refractivity contribution < 1.29 is 4.39 Å². The Kier molecular flexibility index (Phi) is 5.98. The Hall–Kier alpha value is -4.52. The number of pyridine rings is 2. The van der Waals surface area contributed by atoms with Gasteiger partial charge in [0.1, 0.15) is 5.82 Å². The van der Waals surface area contributed by atoms with Crippen molar-refractivity contribution in [3.05, 3.63) is 102 Å². The van der Waals surface area contributed by atoms with Gasteiger partial charge < -0.3 is 9.88 Å². The van der Waals surface area contributed by atoms with Crippen molar-refractivity contribution in [2.24, 2.45) is 0 Å². The number of aryl methyl sites for hydroxylation is 2. The number of fused-ring (bicyclic) bond motifs is 1. The van der Waals surface area contributed by atoms with Crippen molar-refractivity contribution in [2.75, 3.05) is 19.0 Å². The van der Waals surface area contributed by atoms with Gasteiger partial charge in [0.05, 0.1) is 23.3 Å². The molecular weight excluding hydrogens is 451 g/mol. The van der Waals surface area contributed by atoms with Gasteiger partial charge in [0.25, 0.3) is 0 Å². The molecule has 0 spiro atoms. The van der Waals surface area contributed by atoms with Crippen LogP contribution in [-0.4, -0.2) is 39.2 Å². The smallest absolute Gasteiger partial charge is 0.181 e. The average Bonchev–Trinajstić information content (AvgIpc) is 3.44. The van der Waals surface area contributed by atoms with Crippen LogP contribution in [-0.2, 0) is 0 Å². The van der Waals surface area contributed by atoms with Gasteiger partial charge >= 0.3 is 0 Å². The van der Waals surface area contributed by atoms with Crippen molar-refractivity contribution in [1.29, 1.82) is 0 Å². The van der Waals surface area contributed by atoms with Gasteiger partial charge in [-0.3, -0.25) is 10.1 Å². The van der Waals surface area contributed by atoms with Gasteiger partial charge in [-0.15, -0.1) is 0 Å². The molecule has 2 N–H and O–H groups in total. The van der Waals surface area contributed by atoms with Crippen LogP contribution in [0.4, 0.5) is 10.1 Å². The molecule has 4 heterocycles. The molecular formula is C29H27FN6. The van der Waals surface area contributed by atoms with E-state index >= 15 is 0 Å². The molecule has 6 nitrogen and oxygen atoms in total. The summed E-state index contributed by atoms with van der Waals surface area (Å²) in [5.74, 6) is -0.264. The molecule has 5 aromatic rings. The van der Waals surface area contributed by atoms with Crippen LogP contribution in [0.1, 0.15) is 22.4 Å². The third kappa shape index (κ3) is 4.31. The zero-order valence-corrected chi connectivity index (χ0v) is 20.7. The molecule has 0 aliphatic rings. The Bertz CT molecular complexity index is 1600. The second kappa shape index (κ2) is 9.26. The van der Waals surface area contributed by atoms with Gasteiger partial charge in [0, 0.05) is 54.3 Å². The van der Waals surface area contributed by atoms with E-state index in [9.17, 15) is 4.39 Å². The minimum absolute atomic E-state index is 0.264. The molecule has 0 unspecified atom stereocenters. The summed E-state index contributed by atoms with van der Waals surface area (Å²) in [5, 5.41) is 8.45. The lowest BCUT2D eigenvalue weighted by Crippen LogP contribution is -2.08. The van der Waals surface area contributed by atoms with Crippen LogP contribution in [0.15, 0.2) is 73.7 Å². The van der Waals surface area contributed by atoms with E-state index in [2.05, 4.69) is 49.9 Å². The first-order valence-corrected chi connectivity index (χ1v) is 11.6. The summed E-state index contributed by atoms with van der Waals surface area (Å²) in [6.45, 7) is 7.76. The van der Waals surface area contributed by atoms with Gasteiger partial charge in [-0.05, 0) is 60.9 Å². The molecule has 0 aliphatic carbocycles. The van der Waals surface area contributed by atoms with Crippen molar-refractivity contribution in [3.8, 4) is 22.5 Å². The van der Waals surface area contributed by atoms with Crippen LogP contribution in [0.3, 0.4) is 0 Å². The normalized spacial score (nSPS) is 11.8. The SMILES string of the molecule is C=C/C=C(/c1cc(C)cc(F)c1)c1cc(-c2[nH]nc3ncc(-c4cncc(N(C)C)c4)cc23)[nH]c1C. The van der Waals surface area contributed by atoms with Gasteiger partial charge in [0.15, 0.2) is 5.65 Å². The Morgan fingerprint density at radius 2 is 1.81 bits per heavy atom. The maximum absolute atomic E-state index is 14.2. The first-order valence-electron chi connectivity index (χ1n) is 11.6. The van der Waals surface area contributed by atoms with E-state index in [1.807, 2.05) is 63.6 Å². The van der Waals surface area contributed by atoms with Gasteiger partial charge in [-0.1, -0.05) is 24.8 Å². The quantitative estimate of drug-likeness (QED) is 0.275. The molecule has 0 radical (unpaired) electrons. The Morgan fingerprint density at radius 3 is 2.56 bits per heavy atom. The third-order valence-corrected chi connectivity index (χ3v) is 6.20. The largest absolute Gasteiger partial charge is 0.376 e. The van der Waals surface area contributed by atoms with E-state index in [1.54, 1.807) is 12.1 Å². The number of allylic oxidation sites excluding steroid dienone is 2. The van der Waals surface area contributed by atoms with Crippen LogP contribution in [0.2, 0.25) is 0 Å². The molecule has 0 bridgehead atoms. The Labute approximate surface area is 209 Å². The highest BCUT2D eigenvalue weighted by Crippen LogP contribution is 2.34. The molecule has 0 amide bonds. The molecule has 36 heavy (non-hydrogen) atoms. The maximum Gasteiger partial charge on any atom is 0.181 e. The van der Waals surface area contributed by atoms with Crippen molar-refractivity contribution in [1.82, 2.24) is 25.1 Å². The molecule has 7 heteroatoms.